The predicted molar refractivity (Wildman–Crippen MR) is 60.2 cm³/mol. The summed E-state index contributed by atoms with van der Waals surface area (Å²) in [6, 6.07) is 0. The van der Waals surface area contributed by atoms with E-state index in [1.807, 2.05) is 0 Å². The van der Waals surface area contributed by atoms with E-state index in [9.17, 15) is 9.90 Å². The molecule has 0 aliphatic carbocycles. The summed E-state index contributed by atoms with van der Waals surface area (Å²) in [5.74, 6) is 1.77. The van der Waals surface area contributed by atoms with Crippen molar-refractivity contribution in [2.45, 2.75) is 6.10 Å². The van der Waals surface area contributed by atoms with Crippen LogP contribution in [0.3, 0.4) is 0 Å². The molecule has 1 aromatic heterocycles. The number of aromatic hydroxyl groups is 1. The monoisotopic (exact) mass is 292 g/mol. The lowest BCUT2D eigenvalue weighted by Gasteiger charge is -2.21. The van der Waals surface area contributed by atoms with Gasteiger partial charge >= 0.3 is 0 Å². The van der Waals surface area contributed by atoms with Crippen LogP contribution in [0.2, 0.25) is 0 Å². The SMILES string of the molecule is O=c1[nH]c(C2CSCCO2)nc(O)c1Br. The van der Waals surface area contributed by atoms with Gasteiger partial charge < -0.3 is 14.8 Å². The third kappa shape index (κ3) is 2.35. The van der Waals surface area contributed by atoms with E-state index >= 15 is 0 Å². The summed E-state index contributed by atoms with van der Waals surface area (Å²) in [4.78, 5) is 17.8. The Morgan fingerprint density at radius 1 is 1.67 bits per heavy atom. The average Bonchev–Trinajstić information content (AvgIpc) is 2.26. The molecule has 0 spiro atoms. The van der Waals surface area contributed by atoms with Crippen molar-refractivity contribution in [3.8, 4) is 5.88 Å². The number of hydrogen-bond donors (Lipinski definition) is 2. The Kier molecular flexibility index (Phi) is 3.32. The van der Waals surface area contributed by atoms with Crippen molar-refractivity contribution >= 4 is 27.7 Å². The second kappa shape index (κ2) is 4.54. The first-order valence-corrected chi connectivity index (χ1v) is 6.31. The van der Waals surface area contributed by atoms with Gasteiger partial charge in [0.1, 0.15) is 16.4 Å². The highest BCUT2D eigenvalue weighted by Gasteiger charge is 2.20. The first-order valence-electron chi connectivity index (χ1n) is 4.36. The van der Waals surface area contributed by atoms with Gasteiger partial charge in [0.15, 0.2) is 0 Å². The molecule has 1 fully saturated rings. The highest BCUT2D eigenvalue weighted by molar-refractivity contribution is 9.10. The van der Waals surface area contributed by atoms with E-state index in [0.717, 1.165) is 11.5 Å². The molecule has 82 valence electrons. The summed E-state index contributed by atoms with van der Waals surface area (Å²) in [5, 5.41) is 9.37. The number of aromatic amines is 1. The number of thioether (sulfide) groups is 1. The minimum absolute atomic E-state index is 0.0507. The smallest absolute Gasteiger partial charge is 0.269 e. The maximum Gasteiger partial charge on any atom is 0.269 e. The maximum atomic E-state index is 11.3. The van der Waals surface area contributed by atoms with Gasteiger partial charge in [0.05, 0.1) is 6.61 Å². The minimum Gasteiger partial charge on any atom is -0.492 e. The van der Waals surface area contributed by atoms with Crippen LogP contribution in [0.25, 0.3) is 0 Å². The molecule has 2 rings (SSSR count). The van der Waals surface area contributed by atoms with Crippen LogP contribution in [0, 0.1) is 0 Å². The van der Waals surface area contributed by atoms with Gasteiger partial charge in [-0.15, -0.1) is 0 Å². The second-order valence-corrected chi connectivity index (χ2v) is 4.97. The molecule has 5 nitrogen and oxygen atoms in total. The number of hydrogen-bond acceptors (Lipinski definition) is 5. The van der Waals surface area contributed by atoms with E-state index in [0.29, 0.717) is 12.4 Å². The van der Waals surface area contributed by atoms with E-state index in [4.69, 9.17) is 4.74 Å². The van der Waals surface area contributed by atoms with Crippen molar-refractivity contribution in [3.63, 3.8) is 0 Å². The molecular formula is C8H9BrN2O3S. The van der Waals surface area contributed by atoms with Crippen LogP contribution in [0.5, 0.6) is 5.88 Å². The van der Waals surface area contributed by atoms with Crippen LogP contribution in [0.15, 0.2) is 9.27 Å². The Bertz CT molecular complexity index is 417. The molecule has 0 aromatic carbocycles. The fraction of sp³-hybridized carbons (Fsp3) is 0.500. The van der Waals surface area contributed by atoms with Crippen molar-refractivity contribution in [1.29, 1.82) is 0 Å². The van der Waals surface area contributed by atoms with Crippen LogP contribution in [-0.2, 0) is 4.74 Å². The summed E-state index contributed by atoms with van der Waals surface area (Å²) in [7, 11) is 0. The van der Waals surface area contributed by atoms with Gasteiger partial charge in [-0.3, -0.25) is 4.79 Å². The van der Waals surface area contributed by atoms with E-state index in [-0.39, 0.29) is 16.5 Å². The number of ether oxygens (including phenoxy) is 1. The van der Waals surface area contributed by atoms with Gasteiger partial charge in [0, 0.05) is 11.5 Å². The van der Waals surface area contributed by atoms with Crippen molar-refractivity contribution in [3.05, 3.63) is 20.7 Å². The average molecular weight is 293 g/mol. The molecule has 1 aliphatic heterocycles. The van der Waals surface area contributed by atoms with Gasteiger partial charge in [-0.2, -0.15) is 16.7 Å². The summed E-state index contributed by atoms with van der Waals surface area (Å²) >= 11 is 4.67. The van der Waals surface area contributed by atoms with Gasteiger partial charge in [-0.05, 0) is 15.9 Å². The molecule has 1 atom stereocenters. The van der Waals surface area contributed by atoms with Crippen molar-refractivity contribution in [2.24, 2.45) is 0 Å². The Morgan fingerprint density at radius 2 is 2.47 bits per heavy atom. The lowest BCUT2D eigenvalue weighted by molar-refractivity contribution is 0.0687. The highest BCUT2D eigenvalue weighted by atomic mass is 79.9. The number of nitrogens with one attached hydrogen (secondary N) is 1. The van der Waals surface area contributed by atoms with Crippen LogP contribution in [0.4, 0.5) is 0 Å². The summed E-state index contributed by atoms with van der Waals surface area (Å²) in [5.41, 5.74) is -0.392. The number of aromatic nitrogens is 2. The summed E-state index contributed by atoms with van der Waals surface area (Å²) in [6.45, 7) is 0.635. The van der Waals surface area contributed by atoms with Gasteiger partial charge in [-0.1, -0.05) is 0 Å². The Morgan fingerprint density at radius 3 is 3.07 bits per heavy atom. The maximum absolute atomic E-state index is 11.3. The van der Waals surface area contributed by atoms with Gasteiger partial charge in [0.2, 0.25) is 5.88 Å². The predicted octanol–water partition coefficient (Wildman–Crippen LogP) is 1.04. The molecule has 1 saturated heterocycles. The zero-order valence-electron chi connectivity index (χ0n) is 7.70. The standard InChI is InChI=1S/C8H9BrN2O3S/c9-5-7(12)10-6(11-8(5)13)4-3-15-2-1-14-4/h4H,1-3H2,(H2,10,11,12,13). The largest absolute Gasteiger partial charge is 0.492 e. The van der Waals surface area contributed by atoms with Gasteiger partial charge in [-0.25, -0.2) is 0 Å². The molecular weight excluding hydrogens is 284 g/mol. The minimum atomic E-state index is -0.392. The molecule has 0 radical (unpaired) electrons. The first kappa shape index (κ1) is 11.0. The van der Waals surface area contributed by atoms with Crippen LogP contribution >= 0.6 is 27.7 Å². The lowest BCUT2D eigenvalue weighted by Crippen LogP contribution is -2.22. The summed E-state index contributed by atoms with van der Waals surface area (Å²) < 4.78 is 5.48. The van der Waals surface area contributed by atoms with Gasteiger partial charge in [0.25, 0.3) is 5.56 Å². The number of halogens is 1. The number of H-pyrrole nitrogens is 1. The molecule has 0 bridgehead atoms. The van der Waals surface area contributed by atoms with E-state index in [2.05, 4.69) is 25.9 Å². The zero-order chi connectivity index (χ0) is 10.8. The molecule has 1 aliphatic rings. The fourth-order valence-corrected chi connectivity index (χ4v) is 2.30. The third-order valence-corrected chi connectivity index (χ3v) is 3.69. The normalized spacial score (nSPS) is 21.5. The topological polar surface area (TPSA) is 75.2 Å². The van der Waals surface area contributed by atoms with Crippen LogP contribution in [-0.4, -0.2) is 33.2 Å². The van der Waals surface area contributed by atoms with Crippen molar-refractivity contribution in [2.75, 3.05) is 18.1 Å². The summed E-state index contributed by atoms with van der Waals surface area (Å²) in [6.07, 6.45) is -0.240. The van der Waals surface area contributed by atoms with Crippen LogP contribution < -0.4 is 5.56 Å². The molecule has 1 unspecified atom stereocenters. The molecule has 0 amide bonds. The number of rotatable bonds is 1. The zero-order valence-corrected chi connectivity index (χ0v) is 10.1. The molecule has 7 heteroatoms. The highest BCUT2D eigenvalue weighted by Crippen LogP contribution is 2.25. The molecule has 2 heterocycles. The molecule has 15 heavy (non-hydrogen) atoms. The molecule has 2 N–H and O–H groups in total. The third-order valence-electron chi connectivity index (χ3n) is 1.98. The van der Waals surface area contributed by atoms with Crippen LogP contribution in [0.1, 0.15) is 11.9 Å². The van der Waals surface area contributed by atoms with E-state index in [1.54, 1.807) is 11.8 Å². The van der Waals surface area contributed by atoms with E-state index in [1.165, 1.54) is 0 Å². The van der Waals surface area contributed by atoms with E-state index < -0.39 is 5.56 Å². The Labute approximate surface area is 98.4 Å². The quantitative estimate of drug-likeness (QED) is 0.809. The van der Waals surface area contributed by atoms with Crippen molar-refractivity contribution in [1.82, 2.24) is 9.97 Å². The molecule has 1 aromatic rings. The second-order valence-electron chi connectivity index (χ2n) is 3.02. The van der Waals surface area contributed by atoms with Crippen molar-refractivity contribution < 1.29 is 9.84 Å². The Balaban J connectivity index is 2.32. The number of nitrogens with zero attached hydrogens (tertiary/aromatic N) is 1. The lowest BCUT2D eigenvalue weighted by atomic mass is 10.3. The fourth-order valence-electron chi connectivity index (χ4n) is 1.26. The first-order chi connectivity index (χ1) is 7.18. The Hall–Kier alpha value is -0.530. The molecule has 0 saturated carbocycles.